The van der Waals surface area contributed by atoms with Gasteiger partial charge in [-0.2, -0.15) is 0 Å². The van der Waals surface area contributed by atoms with Gasteiger partial charge in [-0.05, 0) is 44.9 Å². The number of hydrogen-bond donors (Lipinski definition) is 0. The van der Waals surface area contributed by atoms with Crippen molar-refractivity contribution in [1.82, 2.24) is 0 Å². The fourth-order valence-corrected chi connectivity index (χ4v) is 8.32. The molecule has 0 aromatic rings. The minimum absolute atomic E-state index is 0.0660. The van der Waals surface area contributed by atoms with Gasteiger partial charge in [0.1, 0.15) is 13.2 Å². The molecule has 0 aliphatic rings. The van der Waals surface area contributed by atoms with Crippen LogP contribution in [0.1, 0.15) is 310 Å². The zero-order valence-electron chi connectivity index (χ0n) is 41.9. The van der Waals surface area contributed by atoms with E-state index < -0.39 is 6.10 Å². The second-order valence-corrected chi connectivity index (χ2v) is 18.9. The summed E-state index contributed by atoms with van der Waals surface area (Å²) in [6, 6.07) is 0. The maximum atomic E-state index is 12.8. The summed E-state index contributed by atoms with van der Waals surface area (Å²) in [6.45, 7) is 6.67. The SMILES string of the molecule is CCCCCC/C=C\CCCCCCCCCC(=O)O[C@@H](COC(=O)CCCCCCCCCCCCCC)COC(=O)CCCCCCCCCCCCCCCCCCC. The van der Waals surface area contributed by atoms with Crippen molar-refractivity contribution in [2.45, 2.75) is 316 Å². The number of carbonyl (C=O) groups excluding carboxylic acids is 3. The first-order chi connectivity index (χ1) is 30.5. The molecule has 0 aliphatic carbocycles. The molecule has 0 N–H and O–H groups in total. The molecule has 0 rings (SSSR count). The van der Waals surface area contributed by atoms with E-state index in [2.05, 4.69) is 32.9 Å². The van der Waals surface area contributed by atoms with Gasteiger partial charge in [0.05, 0.1) is 0 Å². The number of carbonyl (C=O) groups is 3. The van der Waals surface area contributed by atoms with E-state index in [9.17, 15) is 14.4 Å². The van der Waals surface area contributed by atoms with E-state index in [4.69, 9.17) is 14.2 Å². The van der Waals surface area contributed by atoms with Crippen molar-refractivity contribution < 1.29 is 28.6 Å². The lowest BCUT2D eigenvalue weighted by molar-refractivity contribution is -0.167. The molecule has 1 atom stereocenters. The van der Waals surface area contributed by atoms with Gasteiger partial charge in [0, 0.05) is 19.3 Å². The second kappa shape index (κ2) is 51.8. The first-order valence-corrected chi connectivity index (χ1v) is 27.7. The van der Waals surface area contributed by atoms with E-state index in [0.29, 0.717) is 19.3 Å². The van der Waals surface area contributed by atoms with E-state index in [-0.39, 0.29) is 31.1 Å². The highest BCUT2D eigenvalue weighted by atomic mass is 16.6. The van der Waals surface area contributed by atoms with Crippen LogP contribution in [0.5, 0.6) is 0 Å². The smallest absolute Gasteiger partial charge is 0.306 e. The Hall–Kier alpha value is -1.85. The fraction of sp³-hybridized carbons (Fsp3) is 0.911. The van der Waals surface area contributed by atoms with Crippen LogP contribution in [0.4, 0.5) is 0 Å². The summed E-state index contributed by atoms with van der Waals surface area (Å²) < 4.78 is 16.8. The Morgan fingerprint density at radius 3 is 0.823 bits per heavy atom. The molecule has 0 aromatic carbocycles. The molecule has 0 spiro atoms. The van der Waals surface area contributed by atoms with Gasteiger partial charge in [0.2, 0.25) is 0 Å². The Bertz CT molecular complexity index is 962. The molecule has 0 bridgehead atoms. The molecule has 6 nitrogen and oxygen atoms in total. The van der Waals surface area contributed by atoms with Crippen LogP contribution in [-0.2, 0) is 28.6 Å². The average molecular weight is 875 g/mol. The number of hydrogen-bond acceptors (Lipinski definition) is 6. The summed E-state index contributed by atoms with van der Waals surface area (Å²) in [5.41, 5.74) is 0. The van der Waals surface area contributed by atoms with Crippen molar-refractivity contribution in [1.29, 1.82) is 0 Å². The normalized spacial score (nSPS) is 12.0. The third-order valence-electron chi connectivity index (χ3n) is 12.5. The molecule has 0 amide bonds. The van der Waals surface area contributed by atoms with Gasteiger partial charge in [0.15, 0.2) is 6.10 Å². The van der Waals surface area contributed by atoms with Crippen LogP contribution in [0.2, 0.25) is 0 Å². The Labute approximate surface area is 386 Å². The van der Waals surface area contributed by atoms with Crippen LogP contribution in [0.3, 0.4) is 0 Å². The van der Waals surface area contributed by atoms with Gasteiger partial charge in [-0.25, -0.2) is 0 Å². The van der Waals surface area contributed by atoms with Gasteiger partial charge in [-0.15, -0.1) is 0 Å². The van der Waals surface area contributed by atoms with Crippen LogP contribution in [-0.4, -0.2) is 37.2 Å². The van der Waals surface area contributed by atoms with E-state index in [1.165, 1.54) is 212 Å². The second-order valence-electron chi connectivity index (χ2n) is 18.9. The van der Waals surface area contributed by atoms with Gasteiger partial charge in [0.25, 0.3) is 0 Å². The van der Waals surface area contributed by atoms with E-state index in [1.54, 1.807) is 0 Å². The highest BCUT2D eigenvalue weighted by molar-refractivity contribution is 5.71. The van der Waals surface area contributed by atoms with Crippen LogP contribution < -0.4 is 0 Å². The lowest BCUT2D eigenvalue weighted by Crippen LogP contribution is -2.30. The number of ether oxygens (including phenoxy) is 3. The number of esters is 3. The molecule has 0 radical (unpaired) electrons. The molecule has 0 aromatic heterocycles. The monoisotopic (exact) mass is 875 g/mol. The van der Waals surface area contributed by atoms with Gasteiger partial charge in [-0.3, -0.25) is 14.4 Å². The molecule has 0 unspecified atom stereocenters. The van der Waals surface area contributed by atoms with Crippen LogP contribution in [0.15, 0.2) is 12.2 Å². The van der Waals surface area contributed by atoms with Crippen molar-refractivity contribution in [3.8, 4) is 0 Å². The topological polar surface area (TPSA) is 78.9 Å². The largest absolute Gasteiger partial charge is 0.462 e. The van der Waals surface area contributed by atoms with Crippen LogP contribution in [0.25, 0.3) is 0 Å². The summed E-state index contributed by atoms with van der Waals surface area (Å²) in [5.74, 6) is -0.850. The lowest BCUT2D eigenvalue weighted by Gasteiger charge is -2.18. The number of allylic oxidation sites excluding steroid dienone is 2. The average Bonchev–Trinajstić information content (AvgIpc) is 3.27. The number of unbranched alkanes of at least 4 members (excludes halogenated alkanes) is 38. The molecule has 0 fully saturated rings. The Morgan fingerprint density at radius 1 is 0.306 bits per heavy atom. The first kappa shape index (κ1) is 60.2. The molecule has 0 saturated heterocycles. The minimum atomic E-state index is -0.765. The van der Waals surface area contributed by atoms with E-state index >= 15 is 0 Å². The third kappa shape index (κ3) is 49.2. The molecule has 0 saturated carbocycles. The minimum Gasteiger partial charge on any atom is -0.462 e. The van der Waals surface area contributed by atoms with Crippen molar-refractivity contribution in [3.63, 3.8) is 0 Å². The maximum absolute atomic E-state index is 12.8. The standard InChI is InChI=1S/C56H106O6/c1-4-7-10-13-16-19-22-25-27-28-30-31-34-37-40-43-46-49-55(58)61-52-53(51-60-54(57)48-45-42-39-36-33-24-21-18-15-12-9-6-3)62-56(59)50-47-44-41-38-35-32-29-26-23-20-17-14-11-8-5-2/h20,23,53H,4-19,21-22,24-52H2,1-3H3/b23-20-/t53-/m0/s1. The molecule has 366 valence electrons. The summed E-state index contributed by atoms with van der Waals surface area (Å²) in [5, 5.41) is 0. The van der Waals surface area contributed by atoms with E-state index in [0.717, 1.165) is 57.8 Å². The fourth-order valence-electron chi connectivity index (χ4n) is 8.32. The van der Waals surface area contributed by atoms with Crippen LogP contribution in [0, 0.1) is 0 Å². The summed E-state index contributed by atoms with van der Waals surface area (Å²) >= 11 is 0. The summed E-state index contributed by atoms with van der Waals surface area (Å²) in [6.07, 6.45) is 57.6. The van der Waals surface area contributed by atoms with E-state index in [1.807, 2.05) is 0 Å². The molecule has 6 heteroatoms. The van der Waals surface area contributed by atoms with Crippen LogP contribution >= 0.6 is 0 Å². The zero-order valence-corrected chi connectivity index (χ0v) is 41.9. The molecule has 0 aliphatic heterocycles. The quantitative estimate of drug-likeness (QED) is 0.0262. The highest BCUT2D eigenvalue weighted by Crippen LogP contribution is 2.17. The van der Waals surface area contributed by atoms with Crippen molar-refractivity contribution >= 4 is 17.9 Å². The summed E-state index contributed by atoms with van der Waals surface area (Å²) in [4.78, 5) is 38.0. The zero-order chi connectivity index (χ0) is 45.1. The van der Waals surface area contributed by atoms with Crippen molar-refractivity contribution in [2.75, 3.05) is 13.2 Å². The van der Waals surface area contributed by atoms with Gasteiger partial charge < -0.3 is 14.2 Å². The highest BCUT2D eigenvalue weighted by Gasteiger charge is 2.19. The molecular weight excluding hydrogens is 769 g/mol. The molecule has 62 heavy (non-hydrogen) atoms. The van der Waals surface area contributed by atoms with Crippen molar-refractivity contribution in [2.24, 2.45) is 0 Å². The third-order valence-corrected chi connectivity index (χ3v) is 12.5. The van der Waals surface area contributed by atoms with Crippen molar-refractivity contribution in [3.05, 3.63) is 12.2 Å². The predicted octanol–water partition coefficient (Wildman–Crippen LogP) is 18.2. The molecule has 0 heterocycles. The Kier molecular flexibility index (Phi) is 50.2. The molecular formula is C56H106O6. The van der Waals surface area contributed by atoms with Gasteiger partial charge in [-0.1, -0.05) is 258 Å². The summed E-state index contributed by atoms with van der Waals surface area (Å²) in [7, 11) is 0. The first-order valence-electron chi connectivity index (χ1n) is 27.7. The Balaban J connectivity index is 4.30. The lowest BCUT2D eigenvalue weighted by atomic mass is 10.0. The van der Waals surface area contributed by atoms with Gasteiger partial charge >= 0.3 is 17.9 Å². The predicted molar refractivity (Wildman–Crippen MR) is 266 cm³/mol. The Morgan fingerprint density at radius 2 is 0.532 bits per heavy atom. The number of rotatable bonds is 51. The maximum Gasteiger partial charge on any atom is 0.306 e.